The molecule has 2 aromatic rings. The fraction of sp³-hybridized carbons (Fsp3) is 0.500. The maximum atomic E-state index is 12.9. The molecule has 1 aromatic carbocycles. The minimum atomic E-state index is -0.208. The molecule has 162 valence electrons. The number of aromatic nitrogens is 1. The van der Waals surface area contributed by atoms with E-state index in [1.54, 1.807) is 18.3 Å². The van der Waals surface area contributed by atoms with Crippen LogP contribution in [0.3, 0.4) is 0 Å². The van der Waals surface area contributed by atoms with Gasteiger partial charge in [-0.1, -0.05) is 31.5 Å². The first-order valence-electron chi connectivity index (χ1n) is 11.0. The molecule has 0 spiro atoms. The summed E-state index contributed by atoms with van der Waals surface area (Å²) in [4.78, 5) is 19.7. The number of hydrogen-bond acceptors (Lipinski definition) is 4. The van der Waals surface area contributed by atoms with E-state index in [0.29, 0.717) is 28.4 Å². The van der Waals surface area contributed by atoms with Crippen LogP contribution in [0.4, 0.5) is 11.5 Å². The quantitative estimate of drug-likeness (QED) is 0.573. The molecule has 1 saturated heterocycles. The van der Waals surface area contributed by atoms with Crippen LogP contribution in [-0.4, -0.2) is 41.5 Å². The van der Waals surface area contributed by atoms with Gasteiger partial charge in [0, 0.05) is 29.5 Å². The third kappa shape index (κ3) is 5.96. The van der Waals surface area contributed by atoms with E-state index in [1.165, 1.54) is 25.7 Å². The maximum absolute atomic E-state index is 12.9. The molecule has 2 heterocycles. The number of amides is 1. The van der Waals surface area contributed by atoms with Gasteiger partial charge in [-0.15, -0.1) is 0 Å². The van der Waals surface area contributed by atoms with Crippen molar-refractivity contribution < 1.29 is 4.79 Å². The molecule has 0 saturated carbocycles. The molecule has 6 heteroatoms. The molecule has 1 aliphatic rings. The van der Waals surface area contributed by atoms with Crippen LogP contribution in [-0.2, 0) is 0 Å². The molecule has 0 radical (unpaired) electrons. The summed E-state index contributed by atoms with van der Waals surface area (Å²) in [5.41, 5.74) is 2.40. The number of hydrogen-bond donors (Lipinski definition) is 2. The Labute approximate surface area is 185 Å². The predicted molar refractivity (Wildman–Crippen MR) is 126 cm³/mol. The molecule has 0 aliphatic carbocycles. The van der Waals surface area contributed by atoms with E-state index in [4.69, 9.17) is 11.6 Å². The van der Waals surface area contributed by atoms with Crippen molar-refractivity contribution in [2.45, 2.75) is 52.5 Å². The Bertz CT molecular complexity index is 828. The van der Waals surface area contributed by atoms with E-state index in [-0.39, 0.29) is 5.91 Å². The van der Waals surface area contributed by atoms with Crippen LogP contribution in [0.2, 0.25) is 5.02 Å². The summed E-state index contributed by atoms with van der Waals surface area (Å²) >= 11 is 6.18. The van der Waals surface area contributed by atoms with E-state index in [2.05, 4.69) is 34.4 Å². The Hall–Kier alpha value is -2.11. The van der Waals surface area contributed by atoms with Crippen LogP contribution >= 0.6 is 11.6 Å². The van der Waals surface area contributed by atoms with Gasteiger partial charge in [-0.05, 0) is 81.4 Å². The number of benzene rings is 1. The van der Waals surface area contributed by atoms with Crippen molar-refractivity contribution in [3.05, 3.63) is 52.7 Å². The van der Waals surface area contributed by atoms with Gasteiger partial charge in [0.1, 0.15) is 5.82 Å². The van der Waals surface area contributed by atoms with Gasteiger partial charge >= 0.3 is 0 Å². The first-order valence-corrected chi connectivity index (χ1v) is 11.4. The van der Waals surface area contributed by atoms with E-state index in [1.807, 2.05) is 25.1 Å². The van der Waals surface area contributed by atoms with Gasteiger partial charge in [-0.3, -0.25) is 4.79 Å². The second-order valence-corrected chi connectivity index (χ2v) is 8.63. The molecule has 1 fully saturated rings. The normalized spacial score (nSPS) is 15.4. The average molecular weight is 429 g/mol. The number of piperidine rings is 1. The van der Waals surface area contributed by atoms with Crippen molar-refractivity contribution in [1.82, 2.24) is 9.88 Å². The number of aryl methyl sites for hydroxylation is 1. The van der Waals surface area contributed by atoms with Crippen molar-refractivity contribution in [3.63, 3.8) is 0 Å². The van der Waals surface area contributed by atoms with Crippen molar-refractivity contribution in [1.29, 1.82) is 0 Å². The number of carbonyl (C=O) groups is 1. The van der Waals surface area contributed by atoms with Gasteiger partial charge < -0.3 is 15.5 Å². The fourth-order valence-electron chi connectivity index (χ4n) is 4.17. The van der Waals surface area contributed by atoms with Crippen molar-refractivity contribution >= 4 is 29.0 Å². The highest BCUT2D eigenvalue weighted by atomic mass is 35.5. The highest BCUT2D eigenvalue weighted by Gasteiger charge is 2.23. The Morgan fingerprint density at radius 2 is 1.93 bits per heavy atom. The molecule has 2 N–H and O–H groups in total. The summed E-state index contributed by atoms with van der Waals surface area (Å²) in [5.74, 6) is 0.936. The molecule has 1 amide bonds. The van der Waals surface area contributed by atoms with Crippen molar-refractivity contribution in [2.75, 3.05) is 30.3 Å². The third-order valence-electron chi connectivity index (χ3n) is 6.07. The highest BCUT2D eigenvalue weighted by molar-refractivity contribution is 6.31. The molecule has 1 aromatic heterocycles. The van der Waals surface area contributed by atoms with E-state index in [0.717, 1.165) is 30.9 Å². The largest absolute Gasteiger partial charge is 0.384 e. The number of halogens is 1. The molecule has 0 atom stereocenters. The Morgan fingerprint density at radius 3 is 2.57 bits per heavy atom. The second kappa shape index (κ2) is 10.8. The lowest BCUT2D eigenvalue weighted by molar-refractivity contribution is 0.102. The Morgan fingerprint density at radius 1 is 1.20 bits per heavy atom. The van der Waals surface area contributed by atoms with Crippen LogP contribution in [0.1, 0.15) is 55.5 Å². The summed E-state index contributed by atoms with van der Waals surface area (Å²) in [5, 5.41) is 6.91. The SMILES string of the molecule is CCC(CC)N1CCC(CNc2ccc(Cl)cc2C(=O)Nc2ccc(C)cn2)CC1. The molecule has 0 bridgehead atoms. The number of rotatable bonds is 8. The third-order valence-corrected chi connectivity index (χ3v) is 6.30. The summed E-state index contributed by atoms with van der Waals surface area (Å²) in [6, 6.07) is 9.86. The van der Waals surface area contributed by atoms with Crippen molar-refractivity contribution in [3.8, 4) is 0 Å². The fourth-order valence-corrected chi connectivity index (χ4v) is 4.34. The van der Waals surface area contributed by atoms with Crippen LogP contribution in [0, 0.1) is 12.8 Å². The van der Waals surface area contributed by atoms with Crippen LogP contribution in [0.5, 0.6) is 0 Å². The van der Waals surface area contributed by atoms with E-state index in [9.17, 15) is 4.79 Å². The Balaban J connectivity index is 1.60. The lowest BCUT2D eigenvalue weighted by Gasteiger charge is -2.37. The first kappa shape index (κ1) is 22.6. The summed E-state index contributed by atoms with van der Waals surface area (Å²) in [6.45, 7) is 9.70. The van der Waals surface area contributed by atoms with Gasteiger partial charge in [0.25, 0.3) is 5.91 Å². The molecule has 30 heavy (non-hydrogen) atoms. The first-order chi connectivity index (χ1) is 14.5. The van der Waals surface area contributed by atoms with Crippen molar-refractivity contribution in [2.24, 2.45) is 5.92 Å². The maximum Gasteiger partial charge on any atom is 0.258 e. The number of anilines is 2. The van der Waals surface area contributed by atoms with Gasteiger partial charge in [0.05, 0.1) is 5.56 Å². The van der Waals surface area contributed by atoms with Gasteiger partial charge in [-0.25, -0.2) is 4.98 Å². The summed E-state index contributed by atoms with van der Waals surface area (Å²) in [6.07, 6.45) is 6.55. The zero-order valence-electron chi connectivity index (χ0n) is 18.2. The number of nitrogens with one attached hydrogen (secondary N) is 2. The molecular formula is C24H33ClN4O. The number of likely N-dealkylation sites (tertiary alicyclic amines) is 1. The van der Waals surface area contributed by atoms with Crippen LogP contribution < -0.4 is 10.6 Å². The smallest absolute Gasteiger partial charge is 0.258 e. The zero-order chi connectivity index (χ0) is 21.5. The molecule has 5 nitrogen and oxygen atoms in total. The number of carbonyl (C=O) groups excluding carboxylic acids is 1. The summed E-state index contributed by atoms with van der Waals surface area (Å²) < 4.78 is 0. The van der Waals surface area contributed by atoms with E-state index >= 15 is 0 Å². The van der Waals surface area contributed by atoms with Gasteiger partial charge in [0.15, 0.2) is 0 Å². The predicted octanol–water partition coefficient (Wildman–Crippen LogP) is 5.61. The van der Waals surface area contributed by atoms with Crippen LogP contribution in [0.25, 0.3) is 0 Å². The minimum absolute atomic E-state index is 0.208. The molecular weight excluding hydrogens is 396 g/mol. The summed E-state index contributed by atoms with van der Waals surface area (Å²) in [7, 11) is 0. The van der Waals surface area contributed by atoms with Gasteiger partial charge in [-0.2, -0.15) is 0 Å². The number of nitrogens with zero attached hydrogens (tertiary/aromatic N) is 2. The topological polar surface area (TPSA) is 57.3 Å². The minimum Gasteiger partial charge on any atom is -0.384 e. The second-order valence-electron chi connectivity index (χ2n) is 8.20. The Kier molecular flexibility index (Phi) is 8.11. The number of pyridine rings is 1. The average Bonchev–Trinajstić information content (AvgIpc) is 2.76. The lowest BCUT2D eigenvalue weighted by atomic mass is 9.94. The monoisotopic (exact) mass is 428 g/mol. The van der Waals surface area contributed by atoms with Crippen LogP contribution in [0.15, 0.2) is 36.5 Å². The zero-order valence-corrected chi connectivity index (χ0v) is 19.0. The van der Waals surface area contributed by atoms with E-state index < -0.39 is 0 Å². The molecule has 1 aliphatic heterocycles. The standard InChI is InChI=1S/C24H33ClN4O/c1-4-20(5-2)29-12-10-18(11-13-29)16-26-22-8-7-19(25)14-21(22)24(30)28-23-9-6-17(3)15-27-23/h6-9,14-15,18,20,26H,4-5,10-13,16H2,1-3H3,(H,27,28,30). The molecule has 0 unspecified atom stereocenters. The van der Waals surface area contributed by atoms with Gasteiger partial charge in [0.2, 0.25) is 0 Å². The lowest BCUT2D eigenvalue weighted by Crippen LogP contribution is -2.42. The molecule has 3 rings (SSSR count). The highest BCUT2D eigenvalue weighted by Crippen LogP contribution is 2.25.